The number of anilines is 2. The Morgan fingerprint density at radius 2 is 1.06 bits per heavy atom. The molecule has 1 aliphatic heterocycles. The monoisotopic (exact) mass is 864 g/mol. The molecule has 1 fully saturated rings. The normalized spacial score (nSPS) is 12.5. The molecule has 0 saturated carbocycles. The lowest BCUT2D eigenvalue weighted by atomic mass is 10.1. The number of halogens is 6. The first-order valence-corrected chi connectivity index (χ1v) is 19.1. The van der Waals surface area contributed by atoms with Crippen molar-refractivity contribution in [2.75, 3.05) is 56.7 Å². The number of urea groups is 1. The number of esters is 2. The first-order valence-electron chi connectivity index (χ1n) is 19.1. The Hall–Kier alpha value is -6.88. The fourth-order valence-corrected chi connectivity index (χ4v) is 6.28. The van der Waals surface area contributed by atoms with Crippen LogP contribution in [0.2, 0.25) is 0 Å². The molecule has 62 heavy (non-hydrogen) atoms. The Kier molecular flexibility index (Phi) is 15.7. The number of amides is 3. The molecular weight excluding hydrogens is 823 g/mol. The first kappa shape index (κ1) is 46.2. The van der Waals surface area contributed by atoms with Gasteiger partial charge in [-0.2, -0.15) is 0 Å². The molecule has 326 valence electrons. The maximum atomic E-state index is 14.7. The zero-order valence-electron chi connectivity index (χ0n) is 34.1. The van der Waals surface area contributed by atoms with Crippen LogP contribution in [0.25, 0.3) is 0 Å². The van der Waals surface area contributed by atoms with Crippen molar-refractivity contribution in [2.24, 2.45) is 0 Å². The van der Waals surface area contributed by atoms with Crippen LogP contribution in [0.3, 0.4) is 0 Å². The van der Waals surface area contributed by atoms with Gasteiger partial charge in [-0.3, -0.25) is 9.80 Å². The predicted octanol–water partition coefficient (Wildman–Crippen LogP) is 9.06. The van der Waals surface area contributed by atoms with Crippen LogP contribution in [-0.4, -0.2) is 80.8 Å². The van der Waals surface area contributed by atoms with Gasteiger partial charge in [0.05, 0.1) is 49.8 Å². The van der Waals surface area contributed by atoms with E-state index >= 15 is 0 Å². The SMILES string of the molecule is CCN1CCN(C(=O)N(Cc2ccc(C(=O)OC)cc2F)c2cccc(F)c2F)CC1.COC(=O)c1ccc(CN(C(=O)Oc2ccc(C)cc2)c2cccc(F)c2F)c(F)c1. The summed E-state index contributed by atoms with van der Waals surface area (Å²) in [5, 5.41) is 0. The number of hydrogen-bond donors (Lipinski definition) is 0. The van der Waals surface area contributed by atoms with Gasteiger partial charge in [-0.05, 0) is 74.1 Å². The molecule has 6 rings (SSSR count). The van der Waals surface area contributed by atoms with Crippen molar-refractivity contribution in [1.29, 1.82) is 0 Å². The molecule has 5 aromatic rings. The van der Waals surface area contributed by atoms with E-state index in [-0.39, 0.29) is 40.2 Å². The van der Waals surface area contributed by atoms with Gasteiger partial charge < -0.3 is 24.0 Å². The van der Waals surface area contributed by atoms with Crippen molar-refractivity contribution in [3.8, 4) is 5.75 Å². The molecule has 1 saturated heterocycles. The third-order valence-electron chi connectivity index (χ3n) is 9.82. The van der Waals surface area contributed by atoms with Crippen LogP contribution in [0.5, 0.6) is 5.75 Å². The van der Waals surface area contributed by atoms with Gasteiger partial charge in [-0.1, -0.05) is 48.9 Å². The molecular formula is C45H42F6N4O7. The second-order valence-electron chi connectivity index (χ2n) is 13.8. The molecule has 0 radical (unpaired) electrons. The Bertz CT molecular complexity index is 2410. The number of benzene rings is 5. The van der Waals surface area contributed by atoms with Gasteiger partial charge in [0.1, 0.15) is 17.4 Å². The highest BCUT2D eigenvalue weighted by Gasteiger charge is 2.30. The Morgan fingerprint density at radius 1 is 0.597 bits per heavy atom. The molecule has 0 aromatic heterocycles. The molecule has 0 atom stereocenters. The quantitative estimate of drug-likeness (QED) is 0.101. The summed E-state index contributed by atoms with van der Waals surface area (Å²) >= 11 is 0. The number of piperazine rings is 1. The van der Waals surface area contributed by atoms with Crippen LogP contribution in [0.1, 0.15) is 44.3 Å². The van der Waals surface area contributed by atoms with Crippen molar-refractivity contribution in [3.63, 3.8) is 0 Å². The van der Waals surface area contributed by atoms with Crippen LogP contribution in [-0.2, 0) is 22.6 Å². The number of methoxy groups -OCH3 is 2. The van der Waals surface area contributed by atoms with E-state index in [1.807, 2.05) is 13.8 Å². The first-order chi connectivity index (χ1) is 29.6. The number of rotatable bonds is 10. The summed E-state index contributed by atoms with van der Waals surface area (Å²) in [6.45, 7) is 6.07. The maximum absolute atomic E-state index is 14.7. The lowest BCUT2D eigenvalue weighted by molar-refractivity contribution is 0.0591. The summed E-state index contributed by atoms with van der Waals surface area (Å²) in [7, 11) is 2.34. The smallest absolute Gasteiger partial charge is 0.420 e. The summed E-state index contributed by atoms with van der Waals surface area (Å²) in [4.78, 5) is 54.7. The van der Waals surface area contributed by atoms with Gasteiger partial charge in [0.15, 0.2) is 23.3 Å². The Morgan fingerprint density at radius 3 is 1.52 bits per heavy atom. The number of nitrogens with zero attached hydrogens (tertiary/aromatic N) is 4. The minimum absolute atomic E-state index is 0.00856. The third kappa shape index (κ3) is 11.3. The molecule has 0 N–H and O–H groups in total. The Labute approximate surface area is 353 Å². The average molecular weight is 865 g/mol. The number of hydrogen-bond acceptors (Lipinski definition) is 8. The van der Waals surface area contributed by atoms with Gasteiger partial charge in [-0.15, -0.1) is 0 Å². The van der Waals surface area contributed by atoms with E-state index in [9.17, 15) is 45.5 Å². The highest BCUT2D eigenvalue weighted by atomic mass is 19.2. The summed E-state index contributed by atoms with van der Waals surface area (Å²) in [6.07, 6.45) is -1.04. The van der Waals surface area contributed by atoms with E-state index in [4.69, 9.17) is 4.74 Å². The van der Waals surface area contributed by atoms with Crippen molar-refractivity contribution in [3.05, 3.63) is 160 Å². The molecule has 5 aromatic carbocycles. The second-order valence-corrected chi connectivity index (χ2v) is 13.8. The van der Waals surface area contributed by atoms with Gasteiger partial charge in [0.2, 0.25) is 0 Å². The van der Waals surface area contributed by atoms with Gasteiger partial charge in [-0.25, -0.2) is 45.5 Å². The number of carbonyl (C=O) groups excluding carboxylic acids is 4. The standard InChI is InChI=1S/C23H18F3NO4.C22H24F3N3O3/c1-14-6-10-17(11-7-14)31-23(29)27(20-5-3-4-18(24)21(20)26)13-16-9-8-15(12-19(16)25)22(28)30-2;1-3-26-9-11-27(12-10-26)22(30)28(19-6-4-5-17(23)20(19)25)14-16-8-7-15(13-18(16)24)21(29)31-2/h3-12H,13H2,1-2H3;4-8,13H,3,9-12,14H2,1-2H3. The predicted molar refractivity (Wildman–Crippen MR) is 217 cm³/mol. The number of aryl methyl sites for hydroxylation is 1. The van der Waals surface area contributed by atoms with Crippen LogP contribution in [0.4, 0.5) is 47.3 Å². The van der Waals surface area contributed by atoms with Crippen molar-refractivity contribution in [2.45, 2.75) is 26.9 Å². The van der Waals surface area contributed by atoms with Gasteiger partial charge in [0, 0.05) is 37.3 Å². The van der Waals surface area contributed by atoms with E-state index in [2.05, 4.69) is 14.4 Å². The summed E-state index contributed by atoms with van der Waals surface area (Å²) in [6, 6.07) is 19.9. The zero-order chi connectivity index (χ0) is 45.1. The molecule has 1 heterocycles. The lowest BCUT2D eigenvalue weighted by Gasteiger charge is -2.37. The minimum atomic E-state index is -1.28. The zero-order valence-corrected chi connectivity index (χ0v) is 34.1. The van der Waals surface area contributed by atoms with Crippen LogP contribution >= 0.6 is 0 Å². The van der Waals surface area contributed by atoms with Gasteiger partial charge in [0.25, 0.3) is 0 Å². The van der Waals surface area contributed by atoms with E-state index in [0.717, 1.165) is 53.3 Å². The van der Waals surface area contributed by atoms with E-state index in [1.54, 1.807) is 24.3 Å². The number of likely N-dealkylation sites (N-methyl/N-ethyl adjacent to an activating group) is 1. The third-order valence-corrected chi connectivity index (χ3v) is 9.82. The van der Waals surface area contributed by atoms with Crippen LogP contribution < -0.4 is 14.5 Å². The van der Waals surface area contributed by atoms with Crippen molar-refractivity contribution < 1.29 is 59.7 Å². The van der Waals surface area contributed by atoms with Crippen LogP contribution in [0.15, 0.2) is 97.1 Å². The maximum Gasteiger partial charge on any atom is 0.420 e. The number of carbonyl (C=O) groups is 4. The van der Waals surface area contributed by atoms with E-state index < -0.39 is 71.2 Å². The van der Waals surface area contributed by atoms with E-state index in [0.29, 0.717) is 26.2 Å². The molecule has 0 bridgehead atoms. The highest BCUT2D eigenvalue weighted by molar-refractivity contribution is 5.93. The molecule has 0 spiro atoms. The summed E-state index contributed by atoms with van der Waals surface area (Å²) < 4.78 is 100. The fraction of sp³-hybridized carbons (Fsp3) is 0.244. The van der Waals surface area contributed by atoms with Crippen LogP contribution in [0, 0.1) is 41.8 Å². The molecule has 0 unspecified atom stereocenters. The lowest BCUT2D eigenvalue weighted by Crippen LogP contribution is -2.53. The highest BCUT2D eigenvalue weighted by Crippen LogP contribution is 2.28. The molecule has 17 heteroatoms. The fourth-order valence-electron chi connectivity index (χ4n) is 6.28. The molecule has 0 aliphatic carbocycles. The Balaban J connectivity index is 0.000000234. The second kappa shape index (κ2) is 21.1. The molecule has 11 nitrogen and oxygen atoms in total. The van der Waals surface area contributed by atoms with E-state index in [1.165, 1.54) is 60.5 Å². The summed E-state index contributed by atoms with van der Waals surface area (Å²) in [5.41, 5.74) is 0.214. The van der Waals surface area contributed by atoms with Crippen molar-refractivity contribution in [1.82, 2.24) is 9.80 Å². The largest absolute Gasteiger partial charge is 0.465 e. The van der Waals surface area contributed by atoms with Crippen molar-refractivity contribution >= 4 is 35.4 Å². The average Bonchev–Trinajstić information content (AvgIpc) is 3.28. The minimum Gasteiger partial charge on any atom is -0.465 e. The molecule has 1 aliphatic rings. The molecule has 3 amide bonds. The number of ether oxygens (including phenoxy) is 3. The van der Waals surface area contributed by atoms with Gasteiger partial charge >= 0.3 is 24.1 Å². The summed E-state index contributed by atoms with van der Waals surface area (Å²) in [5.74, 6) is -7.59. The topological polar surface area (TPSA) is 109 Å².